The second-order valence-corrected chi connectivity index (χ2v) is 7.81. The fourth-order valence-corrected chi connectivity index (χ4v) is 4.12. The number of benzene rings is 1. The average molecular weight is 415 g/mol. The number of carbonyl (C=O) groups excluding carboxylic acids is 2. The minimum absolute atomic E-state index is 0.0676. The molecule has 2 heterocycles. The van der Waals surface area contributed by atoms with Gasteiger partial charge in [0.25, 0.3) is 0 Å². The first-order valence-corrected chi connectivity index (χ1v) is 10.3. The highest BCUT2D eigenvalue weighted by Crippen LogP contribution is 2.36. The summed E-state index contributed by atoms with van der Waals surface area (Å²) in [4.78, 5) is 32.1. The summed E-state index contributed by atoms with van der Waals surface area (Å²) in [5.74, 6) is 1.76. The van der Waals surface area contributed by atoms with Crippen LogP contribution < -0.4 is 4.74 Å². The molecule has 0 radical (unpaired) electrons. The van der Waals surface area contributed by atoms with E-state index in [0.29, 0.717) is 44.2 Å². The molecule has 1 aliphatic rings. The van der Waals surface area contributed by atoms with Gasteiger partial charge in [0, 0.05) is 13.1 Å². The third-order valence-corrected chi connectivity index (χ3v) is 5.56. The maximum atomic E-state index is 13.0. The van der Waals surface area contributed by atoms with Crippen LogP contribution in [0.3, 0.4) is 0 Å². The van der Waals surface area contributed by atoms with Gasteiger partial charge in [-0.05, 0) is 57.7 Å². The van der Waals surface area contributed by atoms with Crippen molar-refractivity contribution in [1.82, 2.24) is 19.7 Å². The third kappa shape index (κ3) is 4.80. The van der Waals surface area contributed by atoms with Crippen LogP contribution in [0.5, 0.6) is 5.75 Å². The first kappa shape index (κ1) is 21.8. The van der Waals surface area contributed by atoms with Crippen molar-refractivity contribution in [1.29, 1.82) is 0 Å². The Kier molecular flexibility index (Phi) is 6.74. The summed E-state index contributed by atoms with van der Waals surface area (Å²) in [6.07, 6.45) is 1.91. The van der Waals surface area contributed by atoms with Gasteiger partial charge in [-0.15, -0.1) is 0 Å². The van der Waals surface area contributed by atoms with E-state index in [0.717, 1.165) is 17.7 Å². The van der Waals surface area contributed by atoms with E-state index >= 15 is 0 Å². The van der Waals surface area contributed by atoms with Crippen LogP contribution in [0, 0.1) is 19.3 Å². The molecular weight excluding hydrogens is 384 g/mol. The van der Waals surface area contributed by atoms with Gasteiger partial charge >= 0.3 is 5.97 Å². The lowest BCUT2D eigenvalue weighted by molar-refractivity contribution is -0.161. The van der Waals surface area contributed by atoms with Crippen LogP contribution >= 0.6 is 0 Å². The summed E-state index contributed by atoms with van der Waals surface area (Å²) < 4.78 is 12.4. The Hall–Kier alpha value is -2.90. The van der Waals surface area contributed by atoms with Gasteiger partial charge in [-0.2, -0.15) is 5.10 Å². The number of nitrogens with zero attached hydrogens (tertiary/aromatic N) is 4. The zero-order valence-electron chi connectivity index (χ0n) is 18.2. The maximum absolute atomic E-state index is 13.0. The topological polar surface area (TPSA) is 86.5 Å². The number of aryl methyl sites for hydroxylation is 2. The van der Waals surface area contributed by atoms with Gasteiger partial charge in [0.2, 0.25) is 5.91 Å². The van der Waals surface area contributed by atoms with E-state index in [4.69, 9.17) is 9.47 Å². The fourth-order valence-electron chi connectivity index (χ4n) is 4.12. The number of ether oxygens (including phenoxy) is 2. The average Bonchev–Trinajstić information content (AvgIpc) is 3.05. The lowest BCUT2D eigenvalue weighted by Gasteiger charge is -2.41. The molecule has 8 heteroatoms. The minimum Gasteiger partial charge on any atom is -0.497 e. The lowest BCUT2D eigenvalue weighted by Crippen LogP contribution is -2.52. The molecule has 0 N–H and O–H groups in total. The van der Waals surface area contributed by atoms with E-state index < -0.39 is 5.41 Å². The van der Waals surface area contributed by atoms with E-state index in [1.165, 1.54) is 0 Å². The Morgan fingerprint density at radius 3 is 2.73 bits per heavy atom. The molecule has 8 nitrogen and oxygen atoms in total. The van der Waals surface area contributed by atoms with Crippen LogP contribution in [-0.4, -0.2) is 58.3 Å². The SMILES string of the molecule is CCOC(=O)[C@@]1(Cc2cccc(OC)c2)CCCN(C(=O)Cn2nc(C)nc2C)C1. The number of methoxy groups -OCH3 is 1. The molecule has 30 heavy (non-hydrogen) atoms. The second kappa shape index (κ2) is 9.28. The molecule has 0 spiro atoms. The summed E-state index contributed by atoms with van der Waals surface area (Å²) in [6.45, 7) is 6.80. The van der Waals surface area contributed by atoms with E-state index in [9.17, 15) is 9.59 Å². The predicted molar refractivity (Wildman–Crippen MR) is 111 cm³/mol. The van der Waals surface area contributed by atoms with E-state index in [-0.39, 0.29) is 18.4 Å². The van der Waals surface area contributed by atoms with Gasteiger partial charge in [0.1, 0.15) is 23.9 Å². The molecule has 3 rings (SSSR count). The van der Waals surface area contributed by atoms with Crippen LogP contribution in [0.25, 0.3) is 0 Å². The summed E-state index contributed by atoms with van der Waals surface area (Å²) in [7, 11) is 1.62. The smallest absolute Gasteiger partial charge is 0.314 e. The molecule has 0 saturated carbocycles. The molecule has 1 saturated heterocycles. The van der Waals surface area contributed by atoms with Crippen LogP contribution in [0.15, 0.2) is 24.3 Å². The number of amides is 1. The Morgan fingerprint density at radius 1 is 1.27 bits per heavy atom. The number of rotatable bonds is 7. The van der Waals surface area contributed by atoms with Gasteiger partial charge < -0.3 is 14.4 Å². The monoisotopic (exact) mass is 414 g/mol. The van der Waals surface area contributed by atoms with E-state index in [1.807, 2.05) is 31.2 Å². The number of hydrogen-bond acceptors (Lipinski definition) is 6. The summed E-state index contributed by atoms with van der Waals surface area (Å²) >= 11 is 0. The Morgan fingerprint density at radius 2 is 2.07 bits per heavy atom. The molecule has 1 fully saturated rings. The van der Waals surface area contributed by atoms with Crippen molar-refractivity contribution in [2.75, 3.05) is 26.8 Å². The third-order valence-electron chi connectivity index (χ3n) is 5.56. The molecule has 0 bridgehead atoms. The van der Waals surface area contributed by atoms with Crippen molar-refractivity contribution in [2.24, 2.45) is 5.41 Å². The predicted octanol–water partition coefficient (Wildman–Crippen LogP) is 2.32. The number of likely N-dealkylation sites (tertiary alicyclic amines) is 1. The summed E-state index contributed by atoms with van der Waals surface area (Å²) in [5.41, 5.74) is 0.211. The minimum atomic E-state index is -0.774. The maximum Gasteiger partial charge on any atom is 0.314 e. The zero-order chi connectivity index (χ0) is 21.7. The highest BCUT2D eigenvalue weighted by molar-refractivity contribution is 5.81. The second-order valence-electron chi connectivity index (χ2n) is 7.81. The van der Waals surface area contributed by atoms with Crippen LogP contribution in [0.1, 0.15) is 37.0 Å². The highest BCUT2D eigenvalue weighted by atomic mass is 16.5. The molecule has 2 aromatic rings. The molecule has 1 aromatic carbocycles. The number of esters is 1. The van der Waals surface area contributed by atoms with Gasteiger partial charge in [-0.1, -0.05) is 12.1 Å². The standard InChI is InChI=1S/C22H30N4O4/c1-5-30-21(28)22(13-18-8-6-9-19(12-18)29-4)10-7-11-25(15-22)20(27)14-26-17(3)23-16(2)24-26/h6,8-9,12H,5,7,10-11,13-15H2,1-4H3/t22-/m1/s1. The molecule has 0 aliphatic carbocycles. The molecular formula is C22H30N4O4. The fraction of sp³-hybridized carbons (Fsp3) is 0.545. The van der Waals surface area contributed by atoms with Crippen LogP contribution in [0.2, 0.25) is 0 Å². The molecule has 1 amide bonds. The Balaban J connectivity index is 1.82. The number of piperidine rings is 1. The van der Waals surface area contributed by atoms with Gasteiger partial charge in [0.15, 0.2) is 0 Å². The molecule has 1 atom stereocenters. The summed E-state index contributed by atoms with van der Waals surface area (Å²) in [5, 5.41) is 4.29. The molecule has 1 aliphatic heterocycles. The van der Waals surface area contributed by atoms with Crippen molar-refractivity contribution in [3.63, 3.8) is 0 Å². The quantitative estimate of drug-likeness (QED) is 0.647. The number of carbonyl (C=O) groups is 2. The highest BCUT2D eigenvalue weighted by Gasteiger charge is 2.44. The lowest BCUT2D eigenvalue weighted by atomic mass is 9.75. The molecule has 0 unspecified atom stereocenters. The van der Waals surface area contributed by atoms with Crippen LogP contribution in [0.4, 0.5) is 0 Å². The normalized spacial score (nSPS) is 18.9. The van der Waals surface area contributed by atoms with Gasteiger partial charge in [0.05, 0.1) is 19.1 Å². The van der Waals surface area contributed by atoms with Crippen molar-refractivity contribution >= 4 is 11.9 Å². The summed E-state index contributed by atoms with van der Waals surface area (Å²) in [6, 6.07) is 7.70. The number of hydrogen-bond donors (Lipinski definition) is 0. The first-order chi connectivity index (χ1) is 14.4. The largest absolute Gasteiger partial charge is 0.497 e. The van der Waals surface area contributed by atoms with Crippen molar-refractivity contribution in [3.05, 3.63) is 41.5 Å². The van der Waals surface area contributed by atoms with Crippen molar-refractivity contribution in [2.45, 2.75) is 46.6 Å². The van der Waals surface area contributed by atoms with Gasteiger partial charge in [-0.3, -0.25) is 9.59 Å². The van der Waals surface area contributed by atoms with Crippen molar-refractivity contribution < 1.29 is 19.1 Å². The van der Waals surface area contributed by atoms with Crippen molar-refractivity contribution in [3.8, 4) is 5.75 Å². The molecule has 1 aromatic heterocycles. The number of aromatic nitrogens is 3. The zero-order valence-corrected chi connectivity index (χ0v) is 18.2. The Labute approximate surface area is 177 Å². The van der Waals surface area contributed by atoms with Crippen LogP contribution in [-0.2, 0) is 27.3 Å². The van der Waals surface area contributed by atoms with Gasteiger partial charge in [-0.25, -0.2) is 9.67 Å². The van der Waals surface area contributed by atoms with E-state index in [2.05, 4.69) is 10.1 Å². The van der Waals surface area contributed by atoms with E-state index in [1.54, 1.807) is 30.5 Å². The molecule has 162 valence electrons. The first-order valence-electron chi connectivity index (χ1n) is 10.3. The Bertz CT molecular complexity index is 910.